The predicted octanol–water partition coefficient (Wildman–Crippen LogP) is 3.32. The van der Waals surface area contributed by atoms with Crippen molar-refractivity contribution in [1.82, 2.24) is 0 Å². The lowest BCUT2D eigenvalue weighted by Gasteiger charge is -2.15. The number of para-hydroxylation sites is 1. The number of benzene rings is 2. The lowest BCUT2D eigenvalue weighted by Crippen LogP contribution is -2.29. The van der Waals surface area contributed by atoms with Gasteiger partial charge in [-0.05, 0) is 23.8 Å². The number of fused-ring (bicyclic) bond motifs is 1. The van der Waals surface area contributed by atoms with E-state index in [2.05, 4.69) is 0 Å². The van der Waals surface area contributed by atoms with Crippen molar-refractivity contribution in [2.24, 2.45) is 0 Å². The van der Waals surface area contributed by atoms with Crippen molar-refractivity contribution in [1.29, 1.82) is 0 Å². The van der Waals surface area contributed by atoms with Crippen molar-refractivity contribution in [2.75, 3.05) is 0 Å². The van der Waals surface area contributed by atoms with Crippen LogP contribution < -0.4 is 4.74 Å². The molecule has 0 spiro atoms. The van der Waals surface area contributed by atoms with Crippen molar-refractivity contribution in [3.05, 3.63) is 64.7 Å². The maximum absolute atomic E-state index is 11.4. The molecule has 0 aliphatic carbocycles. The van der Waals surface area contributed by atoms with Crippen LogP contribution in [0, 0.1) is 0 Å². The zero-order valence-electron chi connectivity index (χ0n) is 9.92. The Morgan fingerprint density at radius 3 is 2.47 bits per heavy atom. The summed E-state index contributed by atoms with van der Waals surface area (Å²) in [7, 11) is 0. The maximum Gasteiger partial charge on any atom is 0.345 e. The average molecular weight is 275 g/mol. The molecular weight excluding hydrogens is 264 g/mol. The highest BCUT2D eigenvalue weighted by atomic mass is 35.5. The molecule has 19 heavy (non-hydrogen) atoms. The Balaban J connectivity index is 2.09. The third kappa shape index (κ3) is 2.06. The zero-order chi connectivity index (χ0) is 13.4. The first-order valence-electron chi connectivity index (χ1n) is 5.90. The second-order valence-electron chi connectivity index (χ2n) is 4.44. The number of halogens is 1. The molecule has 0 amide bonds. The standard InChI is InChI=1S/C15H11ClO3/c16-10-7-5-9(6-8-10)13-11-3-1-2-4-12(11)19-14(13)15(17)18/h1-8,13-14H,(H,17,18)/t13-,14-/m1/s1. The van der Waals surface area contributed by atoms with E-state index in [4.69, 9.17) is 16.3 Å². The van der Waals surface area contributed by atoms with E-state index in [1.165, 1.54) is 0 Å². The molecule has 4 heteroatoms. The van der Waals surface area contributed by atoms with Gasteiger partial charge in [0.05, 0.1) is 5.92 Å². The van der Waals surface area contributed by atoms with Crippen LogP contribution in [-0.2, 0) is 4.79 Å². The zero-order valence-corrected chi connectivity index (χ0v) is 10.7. The van der Waals surface area contributed by atoms with Crippen molar-refractivity contribution < 1.29 is 14.6 Å². The summed E-state index contributed by atoms with van der Waals surface area (Å²) in [5.41, 5.74) is 1.79. The Bertz CT molecular complexity index is 622. The van der Waals surface area contributed by atoms with Gasteiger partial charge in [-0.1, -0.05) is 41.9 Å². The first-order chi connectivity index (χ1) is 9.16. The van der Waals surface area contributed by atoms with Crippen LogP contribution in [0.5, 0.6) is 5.75 Å². The van der Waals surface area contributed by atoms with Gasteiger partial charge >= 0.3 is 5.97 Å². The van der Waals surface area contributed by atoms with Gasteiger partial charge in [0, 0.05) is 10.6 Å². The summed E-state index contributed by atoms with van der Waals surface area (Å²) < 4.78 is 5.53. The first-order valence-corrected chi connectivity index (χ1v) is 6.28. The van der Waals surface area contributed by atoms with Crippen LogP contribution in [0.1, 0.15) is 17.0 Å². The fourth-order valence-corrected chi connectivity index (χ4v) is 2.56. The van der Waals surface area contributed by atoms with E-state index >= 15 is 0 Å². The highest BCUT2D eigenvalue weighted by Gasteiger charge is 2.40. The van der Waals surface area contributed by atoms with Crippen molar-refractivity contribution in [2.45, 2.75) is 12.0 Å². The van der Waals surface area contributed by atoms with E-state index in [0.717, 1.165) is 11.1 Å². The van der Waals surface area contributed by atoms with Crippen LogP contribution in [0.4, 0.5) is 0 Å². The minimum absolute atomic E-state index is 0.300. The van der Waals surface area contributed by atoms with Gasteiger partial charge in [0.2, 0.25) is 6.10 Å². The number of carboxylic acid groups (broad SMARTS) is 1. The number of hydrogen-bond donors (Lipinski definition) is 1. The van der Waals surface area contributed by atoms with Gasteiger partial charge in [0.15, 0.2) is 0 Å². The van der Waals surface area contributed by atoms with Gasteiger partial charge in [0.25, 0.3) is 0 Å². The van der Waals surface area contributed by atoms with E-state index in [9.17, 15) is 9.90 Å². The van der Waals surface area contributed by atoms with E-state index in [-0.39, 0.29) is 5.92 Å². The second kappa shape index (κ2) is 4.59. The molecule has 2 atom stereocenters. The number of aliphatic carboxylic acids is 1. The molecule has 2 aromatic carbocycles. The third-order valence-corrected chi connectivity index (χ3v) is 3.54. The summed E-state index contributed by atoms with van der Waals surface area (Å²) >= 11 is 5.87. The lowest BCUT2D eigenvalue weighted by atomic mass is 9.88. The molecule has 0 saturated carbocycles. The van der Waals surface area contributed by atoms with Crippen molar-refractivity contribution in [3.8, 4) is 5.75 Å². The molecule has 3 rings (SSSR count). The molecule has 0 fully saturated rings. The molecule has 1 aliphatic heterocycles. The normalized spacial score (nSPS) is 20.7. The number of hydrogen-bond acceptors (Lipinski definition) is 2. The molecule has 0 aromatic heterocycles. The predicted molar refractivity (Wildman–Crippen MR) is 71.8 cm³/mol. The van der Waals surface area contributed by atoms with Gasteiger partial charge in [-0.2, -0.15) is 0 Å². The summed E-state index contributed by atoms with van der Waals surface area (Å²) in [6, 6.07) is 14.6. The smallest absolute Gasteiger partial charge is 0.345 e. The summed E-state index contributed by atoms with van der Waals surface area (Å²) in [4.78, 5) is 11.4. The van der Waals surface area contributed by atoms with Crippen LogP contribution >= 0.6 is 11.6 Å². The molecule has 0 radical (unpaired) electrons. The topological polar surface area (TPSA) is 46.5 Å². The highest BCUT2D eigenvalue weighted by Crippen LogP contribution is 2.42. The molecule has 2 aromatic rings. The largest absolute Gasteiger partial charge is 0.478 e. The van der Waals surface area contributed by atoms with Gasteiger partial charge < -0.3 is 9.84 Å². The summed E-state index contributed by atoms with van der Waals surface area (Å²) in [5, 5.41) is 9.95. The minimum Gasteiger partial charge on any atom is -0.478 e. The third-order valence-electron chi connectivity index (χ3n) is 3.28. The number of ether oxygens (including phenoxy) is 1. The van der Waals surface area contributed by atoms with E-state index in [0.29, 0.717) is 10.8 Å². The van der Waals surface area contributed by atoms with E-state index < -0.39 is 12.1 Å². The molecular formula is C15H11ClO3. The van der Waals surface area contributed by atoms with Gasteiger partial charge in [0.1, 0.15) is 5.75 Å². The monoisotopic (exact) mass is 274 g/mol. The van der Waals surface area contributed by atoms with Crippen LogP contribution in [0.3, 0.4) is 0 Å². The molecule has 0 unspecified atom stereocenters. The Kier molecular flexibility index (Phi) is 2.91. The summed E-state index contributed by atoms with van der Waals surface area (Å²) in [6.45, 7) is 0. The number of carbonyl (C=O) groups is 1. The number of carboxylic acids is 1. The summed E-state index contributed by atoms with van der Waals surface area (Å²) in [6.07, 6.45) is -0.890. The second-order valence-corrected chi connectivity index (χ2v) is 4.88. The van der Waals surface area contributed by atoms with Crippen LogP contribution in [0.15, 0.2) is 48.5 Å². The van der Waals surface area contributed by atoms with Gasteiger partial charge in [-0.3, -0.25) is 0 Å². The molecule has 1 N–H and O–H groups in total. The lowest BCUT2D eigenvalue weighted by molar-refractivity contribution is -0.144. The molecule has 1 heterocycles. The minimum atomic E-state index is -0.962. The van der Waals surface area contributed by atoms with E-state index in [1.54, 1.807) is 18.2 Å². The molecule has 96 valence electrons. The Hall–Kier alpha value is -2.00. The maximum atomic E-state index is 11.4. The Morgan fingerprint density at radius 2 is 1.79 bits per heavy atom. The summed E-state index contributed by atoms with van der Waals surface area (Å²) in [5.74, 6) is -0.628. The first kappa shape index (κ1) is 12.1. The van der Waals surface area contributed by atoms with E-state index in [1.807, 2.05) is 30.3 Å². The van der Waals surface area contributed by atoms with Crippen molar-refractivity contribution in [3.63, 3.8) is 0 Å². The fraction of sp³-hybridized carbons (Fsp3) is 0.133. The molecule has 3 nitrogen and oxygen atoms in total. The van der Waals surface area contributed by atoms with Crippen molar-refractivity contribution >= 4 is 17.6 Å². The van der Waals surface area contributed by atoms with Gasteiger partial charge in [-0.15, -0.1) is 0 Å². The fourth-order valence-electron chi connectivity index (χ4n) is 2.43. The van der Waals surface area contributed by atoms with Gasteiger partial charge in [-0.25, -0.2) is 4.79 Å². The number of rotatable bonds is 2. The van der Waals surface area contributed by atoms with Crippen LogP contribution in [0.2, 0.25) is 5.02 Å². The Labute approximate surface area is 115 Å². The average Bonchev–Trinajstić information content (AvgIpc) is 2.79. The Morgan fingerprint density at radius 1 is 1.11 bits per heavy atom. The molecule has 1 aliphatic rings. The SMILES string of the molecule is O=C(O)[C@@H]1Oc2ccccc2[C@H]1c1ccc(Cl)cc1. The highest BCUT2D eigenvalue weighted by molar-refractivity contribution is 6.30. The quantitative estimate of drug-likeness (QED) is 0.914. The van der Waals surface area contributed by atoms with Crippen LogP contribution in [0.25, 0.3) is 0 Å². The molecule has 0 bridgehead atoms. The van der Waals surface area contributed by atoms with Crippen LogP contribution in [-0.4, -0.2) is 17.2 Å². The molecule has 0 saturated heterocycles.